The van der Waals surface area contributed by atoms with Gasteiger partial charge in [-0.1, -0.05) is 59.1 Å². The summed E-state index contributed by atoms with van der Waals surface area (Å²) in [6.07, 6.45) is 0. The van der Waals surface area contributed by atoms with E-state index in [-0.39, 0.29) is 6.04 Å². The zero-order chi connectivity index (χ0) is 13.1. The van der Waals surface area contributed by atoms with Gasteiger partial charge in [0.25, 0.3) is 0 Å². The molecule has 2 rings (SSSR count). The number of rotatable bonds is 3. The standard InChI is InChI=1S/C15H15Cl2N/c1-10-5-3-6-11(9-10)15(18-2)14-12(16)7-4-8-13(14)17/h3-9,15,18H,1-2H3. The Morgan fingerprint density at radius 3 is 2.17 bits per heavy atom. The maximum atomic E-state index is 6.27. The number of hydrogen-bond acceptors (Lipinski definition) is 1. The van der Waals surface area contributed by atoms with Crippen molar-refractivity contribution in [1.82, 2.24) is 5.32 Å². The molecule has 0 aliphatic carbocycles. The second-order valence-corrected chi connectivity index (χ2v) is 5.09. The predicted molar refractivity (Wildman–Crippen MR) is 78.5 cm³/mol. The predicted octanol–water partition coefficient (Wildman–Crippen LogP) is 4.61. The van der Waals surface area contributed by atoms with E-state index < -0.39 is 0 Å². The van der Waals surface area contributed by atoms with Crippen molar-refractivity contribution in [1.29, 1.82) is 0 Å². The van der Waals surface area contributed by atoms with E-state index in [0.29, 0.717) is 10.0 Å². The minimum atomic E-state index is 0.00565. The highest BCUT2D eigenvalue weighted by Crippen LogP contribution is 2.33. The fourth-order valence-electron chi connectivity index (χ4n) is 2.11. The second-order valence-electron chi connectivity index (χ2n) is 4.27. The molecule has 2 aromatic rings. The smallest absolute Gasteiger partial charge is 0.0604 e. The molecule has 3 heteroatoms. The lowest BCUT2D eigenvalue weighted by molar-refractivity contribution is 0.691. The van der Waals surface area contributed by atoms with Gasteiger partial charge in [0.1, 0.15) is 0 Å². The van der Waals surface area contributed by atoms with E-state index in [1.807, 2.05) is 31.3 Å². The molecule has 0 saturated carbocycles. The first-order valence-electron chi connectivity index (χ1n) is 5.81. The number of nitrogens with one attached hydrogen (secondary N) is 1. The molecule has 2 aromatic carbocycles. The molecule has 0 aromatic heterocycles. The average molecular weight is 280 g/mol. The first-order valence-corrected chi connectivity index (χ1v) is 6.57. The van der Waals surface area contributed by atoms with Crippen LogP contribution in [0.4, 0.5) is 0 Å². The first kappa shape index (κ1) is 13.4. The summed E-state index contributed by atoms with van der Waals surface area (Å²) in [5.74, 6) is 0. The highest BCUT2D eigenvalue weighted by Gasteiger charge is 2.18. The summed E-state index contributed by atoms with van der Waals surface area (Å²) >= 11 is 12.5. The van der Waals surface area contributed by atoms with Crippen molar-refractivity contribution < 1.29 is 0 Å². The summed E-state index contributed by atoms with van der Waals surface area (Å²) in [7, 11) is 1.91. The summed E-state index contributed by atoms with van der Waals surface area (Å²) in [6.45, 7) is 2.07. The van der Waals surface area contributed by atoms with Crippen molar-refractivity contribution in [3.05, 3.63) is 69.2 Å². The molecule has 1 N–H and O–H groups in total. The topological polar surface area (TPSA) is 12.0 Å². The molecule has 0 aliphatic rings. The zero-order valence-electron chi connectivity index (χ0n) is 10.4. The Kier molecular flexibility index (Phi) is 4.28. The van der Waals surface area contributed by atoms with E-state index in [0.717, 1.165) is 11.1 Å². The van der Waals surface area contributed by atoms with Crippen molar-refractivity contribution in [2.24, 2.45) is 0 Å². The van der Waals surface area contributed by atoms with Crippen LogP contribution in [0.5, 0.6) is 0 Å². The summed E-state index contributed by atoms with van der Waals surface area (Å²) in [5.41, 5.74) is 3.30. The quantitative estimate of drug-likeness (QED) is 0.865. The summed E-state index contributed by atoms with van der Waals surface area (Å²) in [5, 5.41) is 4.64. The van der Waals surface area contributed by atoms with E-state index in [9.17, 15) is 0 Å². The number of halogens is 2. The lowest BCUT2D eigenvalue weighted by Gasteiger charge is -2.20. The van der Waals surface area contributed by atoms with Gasteiger partial charge in [0.05, 0.1) is 6.04 Å². The van der Waals surface area contributed by atoms with Crippen LogP contribution in [0.25, 0.3) is 0 Å². The van der Waals surface area contributed by atoms with Crippen LogP contribution < -0.4 is 5.32 Å². The SMILES string of the molecule is CNC(c1cccc(C)c1)c1c(Cl)cccc1Cl. The zero-order valence-corrected chi connectivity index (χ0v) is 11.9. The molecule has 1 nitrogen and oxygen atoms in total. The van der Waals surface area contributed by atoms with Gasteiger partial charge in [0.2, 0.25) is 0 Å². The van der Waals surface area contributed by atoms with Gasteiger partial charge in [-0.25, -0.2) is 0 Å². The van der Waals surface area contributed by atoms with Gasteiger partial charge in [-0.15, -0.1) is 0 Å². The van der Waals surface area contributed by atoms with Gasteiger partial charge in [-0.05, 0) is 31.7 Å². The molecule has 0 radical (unpaired) electrons. The molecule has 0 aliphatic heterocycles. The normalized spacial score (nSPS) is 12.4. The Labute approximate surface area is 118 Å². The van der Waals surface area contributed by atoms with Crippen molar-refractivity contribution in [3.63, 3.8) is 0 Å². The van der Waals surface area contributed by atoms with E-state index >= 15 is 0 Å². The minimum absolute atomic E-state index is 0.00565. The van der Waals surface area contributed by atoms with Crippen molar-refractivity contribution in [2.75, 3.05) is 7.05 Å². The van der Waals surface area contributed by atoms with Gasteiger partial charge in [-0.2, -0.15) is 0 Å². The van der Waals surface area contributed by atoms with Crippen LogP contribution in [-0.2, 0) is 0 Å². The van der Waals surface area contributed by atoms with Crippen LogP contribution in [-0.4, -0.2) is 7.05 Å². The first-order chi connectivity index (χ1) is 8.63. The van der Waals surface area contributed by atoms with Gasteiger partial charge in [0.15, 0.2) is 0 Å². The van der Waals surface area contributed by atoms with E-state index in [2.05, 4.69) is 30.4 Å². The second kappa shape index (κ2) is 5.75. The Bertz CT molecular complexity index is 532. The van der Waals surface area contributed by atoms with Crippen LogP contribution >= 0.6 is 23.2 Å². The largest absolute Gasteiger partial charge is 0.309 e. The fourth-order valence-corrected chi connectivity index (χ4v) is 2.73. The molecular weight excluding hydrogens is 265 g/mol. The summed E-state index contributed by atoms with van der Waals surface area (Å²) in [4.78, 5) is 0. The van der Waals surface area contributed by atoms with E-state index in [4.69, 9.17) is 23.2 Å². The molecule has 1 atom stereocenters. The molecular formula is C15H15Cl2N. The number of aryl methyl sites for hydroxylation is 1. The lowest BCUT2D eigenvalue weighted by Crippen LogP contribution is -2.18. The number of benzene rings is 2. The van der Waals surface area contributed by atoms with Crippen LogP contribution in [0.2, 0.25) is 10.0 Å². The van der Waals surface area contributed by atoms with Crippen LogP contribution in [0.1, 0.15) is 22.7 Å². The molecule has 94 valence electrons. The third-order valence-corrected chi connectivity index (χ3v) is 3.61. The van der Waals surface area contributed by atoms with Crippen molar-refractivity contribution in [3.8, 4) is 0 Å². The van der Waals surface area contributed by atoms with Gasteiger partial charge >= 0.3 is 0 Å². The monoisotopic (exact) mass is 279 g/mol. The molecule has 0 amide bonds. The minimum Gasteiger partial charge on any atom is -0.309 e. The Morgan fingerprint density at radius 1 is 1.00 bits per heavy atom. The Balaban J connectivity index is 2.52. The third kappa shape index (κ3) is 2.69. The third-order valence-electron chi connectivity index (χ3n) is 2.95. The van der Waals surface area contributed by atoms with Crippen LogP contribution in [0.15, 0.2) is 42.5 Å². The number of hydrogen-bond donors (Lipinski definition) is 1. The molecule has 0 spiro atoms. The molecule has 0 fully saturated rings. The molecule has 0 saturated heterocycles. The van der Waals surface area contributed by atoms with Gasteiger partial charge in [-0.3, -0.25) is 0 Å². The highest BCUT2D eigenvalue weighted by atomic mass is 35.5. The van der Waals surface area contributed by atoms with Crippen molar-refractivity contribution >= 4 is 23.2 Å². The molecule has 0 bridgehead atoms. The maximum Gasteiger partial charge on any atom is 0.0604 e. The van der Waals surface area contributed by atoms with Gasteiger partial charge < -0.3 is 5.32 Å². The lowest BCUT2D eigenvalue weighted by atomic mass is 9.97. The molecule has 18 heavy (non-hydrogen) atoms. The summed E-state index contributed by atoms with van der Waals surface area (Å²) in [6, 6.07) is 13.9. The molecule has 1 unspecified atom stereocenters. The molecule has 0 heterocycles. The highest BCUT2D eigenvalue weighted by molar-refractivity contribution is 6.36. The van der Waals surface area contributed by atoms with E-state index in [1.54, 1.807) is 0 Å². The van der Waals surface area contributed by atoms with Gasteiger partial charge in [0, 0.05) is 15.6 Å². The van der Waals surface area contributed by atoms with Crippen LogP contribution in [0.3, 0.4) is 0 Å². The van der Waals surface area contributed by atoms with Crippen LogP contribution in [0, 0.1) is 6.92 Å². The average Bonchev–Trinajstić information content (AvgIpc) is 2.34. The van der Waals surface area contributed by atoms with Crippen molar-refractivity contribution in [2.45, 2.75) is 13.0 Å². The van der Waals surface area contributed by atoms with E-state index in [1.165, 1.54) is 5.56 Å². The fraction of sp³-hybridized carbons (Fsp3) is 0.200. The Morgan fingerprint density at radius 2 is 1.61 bits per heavy atom. The summed E-state index contributed by atoms with van der Waals surface area (Å²) < 4.78 is 0. The maximum absolute atomic E-state index is 6.27. The Hall–Kier alpha value is -1.02.